The molecule has 0 saturated carbocycles. The summed E-state index contributed by atoms with van der Waals surface area (Å²) in [5.41, 5.74) is 12.1. The zero-order chi connectivity index (χ0) is 20.0. The number of hydrogen-bond donors (Lipinski definition) is 3. The summed E-state index contributed by atoms with van der Waals surface area (Å²) < 4.78 is 25.7. The molecule has 0 heterocycles. The summed E-state index contributed by atoms with van der Waals surface area (Å²) in [6.07, 6.45) is 0. The molecule has 6 nitrogen and oxygen atoms in total. The lowest BCUT2D eigenvalue weighted by atomic mass is 10.1. The number of nitrogen functional groups attached to an aromatic ring is 1. The van der Waals surface area contributed by atoms with Crippen molar-refractivity contribution in [3.05, 3.63) is 96.1 Å². The van der Waals surface area contributed by atoms with E-state index < -0.39 is 13.3 Å². The van der Waals surface area contributed by atoms with Crippen molar-refractivity contribution in [3.63, 3.8) is 0 Å². The molecule has 0 fully saturated rings. The first-order chi connectivity index (χ1) is 13.5. The summed E-state index contributed by atoms with van der Waals surface area (Å²) in [6.45, 7) is 0.0519. The Morgan fingerprint density at radius 1 is 0.857 bits per heavy atom. The molecule has 0 radical (unpaired) electrons. The minimum Gasteiger partial charge on any atom is -0.416 e. The molecule has 3 rings (SSSR count). The smallest absolute Gasteiger partial charge is 0.416 e. The summed E-state index contributed by atoms with van der Waals surface area (Å²) in [6, 6.07) is 24.6. The third-order valence-corrected chi connectivity index (χ3v) is 6.37. The highest BCUT2D eigenvalue weighted by Gasteiger charge is 2.39. The molecule has 0 spiro atoms. The van der Waals surface area contributed by atoms with Crippen molar-refractivity contribution in [1.29, 1.82) is 5.41 Å². The predicted molar refractivity (Wildman–Crippen MR) is 111 cm³/mol. The topological polar surface area (TPSA) is 111 Å². The van der Waals surface area contributed by atoms with Gasteiger partial charge in [-0.2, -0.15) is 0 Å². The van der Waals surface area contributed by atoms with Gasteiger partial charge < -0.3 is 20.5 Å². The maximum Gasteiger partial charge on any atom is 0.439 e. The second-order valence-corrected chi connectivity index (χ2v) is 8.20. The van der Waals surface area contributed by atoms with Crippen LogP contribution in [0.5, 0.6) is 11.5 Å². The highest BCUT2D eigenvalue weighted by atomic mass is 31.2. The highest BCUT2D eigenvalue weighted by molar-refractivity contribution is 7.55. The van der Waals surface area contributed by atoms with E-state index in [0.717, 1.165) is 0 Å². The van der Waals surface area contributed by atoms with E-state index in [2.05, 4.69) is 0 Å². The van der Waals surface area contributed by atoms with E-state index in [1.54, 1.807) is 72.8 Å². The molecule has 0 aliphatic rings. The average molecular weight is 395 g/mol. The fraction of sp³-hybridized carbons (Fsp3) is 0.0952. The van der Waals surface area contributed by atoms with Gasteiger partial charge in [0, 0.05) is 12.1 Å². The fourth-order valence-electron chi connectivity index (χ4n) is 2.74. The lowest BCUT2D eigenvalue weighted by molar-refractivity contribution is 0.373. The Hall–Kier alpha value is -3.08. The van der Waals surface area contributed by atoms with Crippen LogP contribution in [0.3, 0.4) is 0 Å². The summed E-state index contributed by atoms with van der Waals surface area (Å²) >= 11 is 0. The molecule has 0 aliphatic heterocycles. The Kier molecular flexibility index (Phi) is 6.14. The van der Waals surface area contributed by atoms with Gasteiger partial charge in [0.05, 0.1) is 0 Å². The highest BCUT2D eigenvalue weighted by Crippen LogP contribution is 2.59. The van der Waals surface area contributed by atoms with Crippen LogP contribution in [-0.2, 0) is 4.57 Å². The molecule has 0 amide bonds. The number of hydrogen-bond acceptors (Lipinski definition) is 5. The third kappa shape index (κ3) is 4.60. The van der Waals surface area contributed by atoms with E-state index in [0.29, 0.717) is 22.6 Å². The number of amidine groups is 1. The Labute approximate surface area is 164 Å². The molecule has 5 N–H and O–H groups in total. The third-order valence-electron chi connectivity index (χ3n) is 4.16. The van der Waals surface area contributed by atoms with E-state index in [-0.39, 0.29) is 12.4 Å². The van der Waals surface area contributed by atoms with E-state index in [1.165, 1.54) is 0 Å². The second kappa shape index (κ2) is 8.74. The zero-order valence-corrected chi connectivity index (χ0v) is 16.1. The van der Waals surface area contributed by atoms with Crippen molar-refractivity contribution >= 4 is 13.4 Å². The standard InChI is InChI=1S/C21H22N3O3P/c22-15-20(16-11-13-17(14-12-16)21(23)24)28(25,26-18-7-3-1-4-8-18)27-19-9-5-2-6-10-19/h1-14,20H,15,22H2,(H3,23,24). The van der Waals surface area contributed by atoms with Crippen LogP contribution >= 0.6 is 7.60 Å². The van der Waals surface area contributed by atoms with Gasteiger partial charge in [-0.05, 0) is 29.8 Å². The van der Waals surface area contributed by atoms with Crippen LogP contribution in [0.1, 0.15) is 16.8 Å². The molecule has 0 aromatic heterocycles. The van der Waals surface area contributed by atoms with Crippen LogP contribution < -0.4 is 20.5 Å². The molecular weight excluding hydrogens is 373 g/mol. The molecule has 1 unspecified atom stereocenters. The molecule has 0 saturated heterocycles. The number of rotatable bonds is 8. The van der Waals surface area contributed by atoms with Crippen LogP contribution in [0, 0.1) is 5.41 Å². The van der Waals surface area contributed by atoms with Crippen LogP contribution in [0.15, 0.2) is 84.9 Å². The Morgan fingerprint density at radius 3 is 1.71 bits per heavy atom. The van der Waals surface area contributed by atoms with Gasteiger partial charge in [0.15, 0.2) is 0 Å². The molecular formula is C21H22N3O3P. The monoisotopic (exact) mass is 395 g/mol. The first-order valence-electron chi connectivity index (χ1n) is 8.75. The molecule has 3 aromatic rings. The average Bonchev–Trinajstić information content (AvgIpc) is 2.70. The Balaban J connectivity index is 1.99. The quantitative estimate of drug-likeness (QED) is 0.299. The molecule has 3 aromatic carbocycles. The molecule has 28 heavy (non-hydrogen) atoms. The first-order valence-corrected chi connectivity index (χ1v) is 10.4. The van der Waals surface area contributed by atoms with Crippen LogP contribution in [-0.4, -0.2) is 12.4 Å². The lowest BCUT2D eigenvalue weighted by Gasteiger charge is -2.27. The van der Waals surface area contributed by atoms with Crippen molar-refractivity contribution in [2.75, 3.05) is 6.54 Å². The molecule has 0 aliphatic carbocycles. The number of nitrogens with two attached hydrogens (primary N) is 2. The van der Waals surface area contributed by atoms with Crippen molar-refractivity contribution in [2.24, 2.45) is 11.5 Å². The van der Waals surface area contributed by atoms with Gasteiger partial charge in [0.2, 0.25) is 0 Å². The van der Waals surface area contributed by atoms with Gasteiger partial charge in [-0.25, -0.2) is 4.57 Å². The largest absolute Gasteiger partial charge is 0.439 e. The van der Waals surface area contributed by atoms with Crippen molar-refractivity contribution in [3.8, 4) is 11.5 Å². The Morgan fingerprint density at radius 2 is 1.32 bits per heavy atom. The van der Waals surface area contributed by atoms with Gasteiger partial charge in [-0.1, -0.05) is 60.7 Å². The van der Waals surface area contributed by atoms with Crippen LogP contribution in [0.4, 0.5) is 0 Å². The van der Waals surface area contributed by atoms with Crippen LogP contribution in [0.2, 0.25) is 0 Å². The van der Waals surface area contributed by atoms with Gasteiger partial charge >= 0.3 is 7.60 Å². The van der Waals surface area contributed by atoms with E-state index >= 15 is 0 Å². The normalized spacial score (nSPS) is 12.2. The van der Waals surface area contributed by atoms with Gasteiger partial charge in [0.25, 0.3) is 0 Å². The summed E-state index contributed by atoms with van der Waals surface area (Å²) in [5, 5.41) is 7.53. The number of nitrogens with one attached hydrogen (secondary N) is 1. The van der Waals surface area contributed by atoms with Gasteiger partial charge in [-0.3, -0.25) is 5.41 Å². The van der Waals surface area contributed by atoms with Gasteiger partial charge in [-0.15, -0.1) is 0 Å². The maximum absolute atomic E-state index is 13.9. The SMILES string of the molecule is N=C(N)c1ccc(C(CN)P(=O)(Oc2ccccc2)Oc2ccccc2)cc1. The molecule has 7 heteroatoms. The fourth-order valence-corrected chi connectivity index (χ4v) is 4.65. The first kappa shape index (κ1) is 19.7. The van der Waals surface area contributed by atoms with Crippen molar-refractivity contribution < 1.29 is 13.6 Å². The van der Waals surface area contributed by atoms with Crippen LogP contribution in [0.25, 0.3) is 0 Å². The lowest BCUT2D eigenvalue weighted by Crippen LogP contribution is -2.19. The predicted octanol–water partition coefficient (Wildman–Crippen LogP) is 4.32. The minimum atomic E-state index is -3.74. The van der Waals surface area contributed by atoms with E-state index in [9.17, 15) is 4.57 Å². The van der Waals surface area contributed by atoms with E-state index in [4.69, 9.17) is 25.9 Å². The maximum atomic E-state index is 13.9. The van der Waals surface area contributed by atoms with E-state index in [1.807, 2.05) is 12.1 Å². The summed E-state index contributed by atoms with van der Waals surface area (Å²) in [5.74, 6) is 0.821. The van der Waals surface area contributed by atoms with Crippen molar-refractivity contribution in [1.82, 2.24) is 0 Å². The summed E-state index contributed by atoms with van der Waals surface area (Å²) in [4.78, 5) is 0. The van der Waals surface area contributed by atoms with Crippen molar-refractivity contribution in [2.45, 2.75) is 5.66 Å². The van der Waals surface area contributed by atoms with Gasteiger partial charge in [0.1, 0.15) is 23.0 Å². The second-order valence-electron chi connectivity index (χ2n) is 6.14. The number of benzene rings is 3. The molecule has 0 bridgehead atoms. The molecule has 1 atom stereocenters. The molecule has 144 valence electrons. The minimum absolute atomic E-state index is 0.0416. The summed E-state index contributed by atoms with van der Waals surface area (Å²) in [7, 11) is -3.74. The Bertz CT molecular complexity index is 918. The number of para-hydroxylation sites is 2. The zero-order valence-electron chi connectivity index (χ0n) is 15.2.